The van der Waals surface area contributed by atoms with E-state index in [-0.39, 0.29) is 12.5 Å². The van der Waals surface area contributed by atoms with Crippen LogP contribution in [0.4, 0.5) is 0 Å². The first-order chi connectivity index (χ1) is 6.11. The number of carboxylic acid groups (broad SMARTS) is 1. The summed E-state index contributed by atoms with van der Waals surface area (Å²) in [4.78, 5) is 22.8. The van der Waals surface area contributed by atoms with E-state index in [4.69, 9.17) is 5.11 Å². The Labute approximate surface area is 75.2 Å². The Hall–Kier alpha value is -1.59. The Balaban J connectivity index is 2.44. The third-order valence-electron chi connectivity index (χ3n) is 1.72. The lowest BCUT2D eigenvalue weighted by Crippen LogP contribution is -2.25. The van der Waals surface area contributed by atoms with Crippen molar-refractivity contribution in [3.63, 3.8) is 0 Å². The monoisotopic (exact) mass is 185 g/mol. The second kappa shape index (κ2) is 3.88. The molecule has 13 heavy (non-hydrogen) atoms. The van der Waals surface area contributed by atoms with Crippen molar-refractivity contribution in [3.05, 3.63) is 0 Å². The molecule has 72 valence electrons. The zero-order valence-corrected chi connectivity index (χ0v) is 7.28. The number of likely N-dealkylation sites (tertiary alicyclic amines) is 1. The molecule has 0 bridgehead atoms. The average molecular weight is 185 g/mol. The van der Waals surface area contributed by atoms with Gasteiger partial charge in [-0.25, -0.2) is 0 Å². The van der Waals surface area contributed by atoms with Crippen LogP contribution < -0.4 is 5.43 Å². The Bertz CT molecular complexity index is 262. The first-order valence-electron chi connectivity index (χ1n) is 3.88. The van der Waals surface area contributed by atoms with Crippen molar-refractivity contribution in [2.45, 2.75) is 6.42 Å². The second-order valence-corrected chi connectivity index (χ2v) is 2.76. The number of amides is 1. The molecule has 0 spiro atoms. The third kappa shape index (κ3) is 2.43. The first-order valence-corrected chi connectivity index (χ1v) is 3.88. The molecule has 1 aliphatic heterocycles. The minimum absolute atomic E-state index is 0.141. The van der Waals surface area contributed by atoms with Gasteiger partial charge in [0.05, 0.1) is 0 Å². The van der Waals surface area contributed by atoms with Crippen LogP contribution in [0, 0.1) is 0 Å². The third-order valence-corrected chi connectivity index (χ3v) is 1.72. The molecule has 6 heteroatoms. The van der Waals surface area contributed by atoms with Crippen molar-refractivity contribution in [3.8, 4) is 0 Å². The van der Waals surface area contributed by atoms with Gasteiger partial charge in [0.15, 0.2) is 0 Å². The maximum Gasteiger partial charge on any atom is 0.324 e. The Morgan fingerprint density at radius 3 is 2.92 bits per heavy atom. The molecule has 1 fully saturated rings. The van der Waals surface area contributed by atoms with Crippen molar-refractivity contribution in [1.29, 1.82) is 0 Å². The fourth-order valence-corrected chi connectivity index (χ4v) is 1.01. The lowest BCUT2D eigenvalue weighted by molar-refractivity contribution is -0.136. The minimum atomic E-state index is -0.997. The van der Waals surface area contributed by atoms with Crippen molar-refractivity contribution in [2.75, 3.05) is 20.1 Å². The largest absolute Gasteiger partial charge is 0.480 e. The SMILES string of the molecule is CN1CC/C(=N\NCC(=O)O)C1=O. The molecular weight excluding hydrogens is 174 g/mol. The molecule has 1 saturated heterocycles. The van der Waals surface area contributed by atoms with E-state index < -0.39 is 5.97 Å². The number of carboxylic acids is 1. The zero-order valence-electron chi connectivity index (χ0n) is 7.28. The van der Waals surface area contributed by atoms with E-state index in [0.717, 1.165) is 0 Å². The summed E-state index contributed by atoms with van der Waals surface area (Å²) < 4.78 is 0. The Morgan fingerprint density at radius 1 is 1.77 bits per heavy atom. The van der Waals surface area contributed by atoms with Gasteiger partial charge in [-0.15, -0.1) is 0 Å². The minimum Gasteiger partial charge on any atom is -0.480 e. The summed E-state index contributed by atoms with van der Waals surface area (Å²) in [7, 11) is 1.68. The van der Waals surface area contributed by atoms with Gasteiger partial charge in [0.1, 0.15) is 12.3 Å². The Morgan fingerprint density at radius 2 is 2.46 bits per heavy atom. The highest BCUT2D eigenvalue weighted by molar-refractivity contribution is 6.40. The van der Waals surface area contributed by atoms with Crippen LogP contribution in [0.15, 0.2) is 5.10 Å². The van der Waals surface area contributed by atoms with Crippen molar-refractivity contribution < 1.29 is 14.7 Å². The fourth-order valence-electron chi connectivity index (χ4n) is 1.01. The van der Waals surface area contributed by atoms with Crippen LogP contribution in [0.3, 0.4) is 0 Å². The van der Waals surface area contributed by atoms with Gasteiger partial charge in [-0.2, -0.15) is 5.10 Å². The summed E-state index contributed by atoms with van der Waals surface area (Å²) in [6.07, 6.45) is 0.571. The van der Waals surface area contributed by atoms with E-state index in [2.05, 4.69) is 10.5 Å². The van der Waals surface area contributed by atoms with Gasteiger partial charge in [-0.1, -0.05) is 0 Å². The predicted molar refractivity (Wildman–Crippen MR) is 45.3 cm³/mol. The van der Waals surface area contributed by atoms with Crippen LogP contribution in [0.1, 0.15) is 6.42 Å². The lowest BCUT2D eigenvalue weighted by atomic mass is 10.3. The summed E-state index contributed by atoms with van der Waals surface area (Å²) in [5, 5.41) is 12.0. The number of rotatable bonds is 3. The highest BCUT2D eigenvalue weighted by atomic mass is 16.4. The van der Waals surface area contributed by atoms with E-state index in [1.165, 1.54) is 0 Å². The van der Waals surface area contributed by atoms with Gasteiger partial charge in [-0.3, -0.25) is 15.0 Å². The van der Waals surface area contributed by atoms with Gasteiger partial charge < -0.3 is 10.0 Å². The molecule has 0 aliphatic carbocycles. The summed E-state index contributed by atoms with van der Waals surface area (Å²) in [6.45, 7) is 0.382. The van der Waals surface area contributed by atoms with Gasteiger partial charge in [0, 0.05) is 20.0 Å². The maximum absolute atomic E-state index is 11.2. The molecular formula is C7H11N3O3. The molecule has 0 aromatic rings. The molecule has 0 unspecified atom stereocenters. The van der Waals surface area contributed by atoms with Crippen LogP contribution in [0.5, 0.6) is 0 Å². The number of aliphatic carboxylic acids is 1. The molecule has 2 N–H and O–H groups in total. The molecule has 1 amide bonds. The van der Waals surface area contributed by atoms with Crippen molar-refractivity contribution in [1.82, 2.24) is 10.3 Å². The molecule has 1 aliphatic rings. The van der Waals surface area contributed by atoms with Gasteiger partial charge in [-0.05, 0) is 0 Å². The van der Waals surface area contributed by atoms with Crippen LogP contribution >= 0.6 is 0 Å². The average Bonchev–Trinajstić information content (AvgIpc) is 2.35. The summed E-state index contributed by atoms with van der Waals surface area (Å²) >= 11 is 0. The fraction of sp³-hybridized carbons (Fsp3) is 0.571. The number of hydrazone groups is 1. The quantitative estimate of drug-likeness (QED) is 0.545. The van der Waals surface area contributed by atoms with Crippen LogP contribution in [-0.2, 0) is 9.59 Å². The highest BCUT2D eigenvalue weighted by Gasteiger charge is 2.23. The molecule has 1 rings (SSSR count). The molecule has 0 saturated carbocycles. The number of hydrogen-bond donors (Lipinski definition) is 2. The van der Waals surface area contributed by atoms with Crippen LogP contribution in [-0.4, -0.2) is 47.7 Å². The topological polar surface area (TPSA) is 82.0 Å². The molecule has 0 radical (unpaired) electrons. The van der Waals surface area contributed by atoms with Crippen molar-refractivity contribution >= 4 is 17.6 Å². The van der Waals surface area contributed by atoms with E-state index >= 15 is 0 Å². The summed E-state index contributed by atoms with van der Waals surface area (Å²) in [6, 6.07) is 0. The first kappa shape index (κ1) is 9.50. The predicted octanol–water partition coefficient (Wildman–Crippen LogP) is -1.12. The lowest BCUT2D eigenvalue weighted by Gasteiger charge is -2.03. The smallest absolute Gasteiger partial charge is 0.324 e. The second-order valence-electron chi connectivity index (χ2n) is 2.76. The number of nitrogens with one attached hydrogen (secondary N) is 1. The Kier molecular flexibility index (Phi) is 2.84. The number of nitrogens with zero attached hydrogens (tertiary/aromatic N) is 2. The van der Waals surface area contributed by atoms with Gasteiger partial charge in [0.25, 0.3) is 5.91 Å². The number of carbonyl (C=O) groups is 2. The molecule has 0 atom stereocenters. The normalized spacial score (nSPS) is 19.6. The van der Waals surface area contributed by atoms with Gasteiger partial charge in [0.2, 0.25) is 0 Å². The summed E-state index contributed by atoms with van der Waals surface area (Å²) in [5.41, 5.74) is 2.71. The number of carbonyl (C=O) groups excluding carboxylic acids is 1. The number of hydrogen-bond acceptors (Lipinski definition) is 4. The standard InChI is InChI=1S/C7H11N3O3/c1-10-3-2-5(7(10)13)9-8-4-6(11)12/h8H,2-4H2,1H3,(H,11,12)/b9-5+. The summed E-state index contributed by atoms with van der Waals surface area (Å²) in [5.74, 6) is -1.14. The van der Waals surface area contributed by atoms with Gasteiger partial charge >= 0.3 is 5.97 Å². The van der Waals surface area contributed by atoms with Crippen molar-refractivity contribution in [2.24, 2.45) is 5.10 Å². The molecule has 0 aromatic carbocycles. The van der Waals surface area contributed by atoms with E-state index in [9.17, 15) is 9.59 Å². The highest BCUT2D eigenvalue weighted by Crippen LogP contribution is 2.03. The molecule has 1 heterocycles. The molecule has 6 nitrogen and oxygen atoms in total. The molecule has 0 aromatic heterocycles. The van der Waals surface area contributed by atoms with E-state index in [1.54, 1.807) is 11.9 Å². The van der Waals surface area contributed by atoms with E-state index in [0.29, 0.717) is 18.7 Å². The maximum atomic E-state index is 11.2. The zero-order chi connectivity index (χ0) is 9.84. The van der Waals surface area contributed by atoms with E-state index in [1.807, 2.05) is 0 Å². The van der Waals surface area contributed by atoms with Crippen LogP contribution in [0.25, 0.3) is 0 Å². The van der Waals surface area contributed by atoms with Crippen LogP contribution in [0.2, 0.25) is 0 Å².